The number of sulfonamides is 1. The normalized spacial score (nSPS) is 10.9. The topological polar surface area (TPSA) is 59.1 Å². The number of nitrogens with zero attached hydrogens (tertiary/aromatic N) is 1. The number of benzene rings is 2. The molecule has 0 saturated carbocycles. The number of nitrogens with one attached hydrogen (secondary N) is 1. The molecule has 4 nitrogen and oxygen atoms in total. The molecule has 0 aliphatic carbocycles. The van der Waals surface area contributed by atoms with Gasteiger partial charge in [-0.1, -0.05) is 29.5 Å². The van der Waals surface area contributed by atoms with E-state index in [0.29, 0.717) is 0 Å². The maximum atomic E-state index is 14.4. The fourth-order valence-electron chi connectivity index (χ4n) is 2.44. The second kappa shape index (κ2) is 8.15. The van der Waals surface area contributed by atoms with Crippen LogP contribution in [0.25, 0.3) is 0 Å². The second-order valence-electron chi connectivity index (χ2n) is 5.93. The first-order chi connectivity index (χ1) is 13.7. The molecule has 0 bridgehead atoms. The molecule has 148 valence electrons. The fourth-order valence-corrected chi connectivity index (χ4v) is 4.01. The Morgan fingerprint density at radius 2 is 1.66 bits per heavy atom. The Hall–Kier alpha value is -3.02. The second-order valence-corrected chi connectivity index (χ2v) is 7.98. The highest BCUT2D eigenvalue weighted by molar-refractivity contribution is 7.92. The molecule has 0 atom stereocenters. The van der Waals surface area contributed by atoms with Gasteiger partial charge in [-0.2, -0.15) is 0 Å². The first kappa shape index (κ1) is 20.7. The monoisotopic (exact) mass is 436 g/mol. The van der Waals surface area contributed by atoms with Crippen LogP contribution in [-0.4, -0.2) is 13.4 Å². The molecule has 1 aromatic heterocycles. The Bertz CT molecular complexity index is 1250. The number of pyridine rings is 1. The highest BCUT2D eigenvalue weighted by Crippen LogP contribution is 2.27. The molecule has 29 heavy (non-hydrogen) atoms. The standard InChI is InChI=1S/C20H12ClF3N2O2S/c1-12-16(21)3-2-4-19(12)29(27,28)26-20-17(23)8-13(9-18(20)24)5-6-14-7-15(22)11-25-10-14/h2-4,7-11,26H,1H3. The third-order valence-electron chi connectivity index (χ3n) is 3.84. The molecule has 0 aliphatic heterocycles. The zero-order valence-electron chi connectivity index (χ0n) is 14.8. The lowest BCUT2D eigenvalue weighted by atomic mass is 10.1. The highest BCUT2D eigenvalue weighted by Gasteiger charge is 2.22. The van der Waals surface area contributed by atoms with Crippen LogP contribution in [0.4, 0.5) is 18.9 Å². The fraction of sp³-hybridized carbons (Fsp3) is 0.0500. The van der Waals surface area contributed by atoms with Crippen molar-refractivity contribution in [2.75, 3.05) is 4.72 Å². The molecule has 3 rings (SSSR count). The molecule has 1 heterocycles. The van der Waals surface area contributed by atoms with E-state index in [1.807, 2.05) is 4.72 Å². The third-order valence-corrected chi connectivity index (χ3v) is 5.75. The Morgan fingerprint density at radius 1 is 1.00 bits per heavy atom. The number of hydrogen-bond donors (Lipinski definition) is 1. The summed E-state index contributed by atoms with van der Waals surface area (Å²) in [4.78, 5) is 3.41. The molecular weight excluding hydrogens is 425 g/mol. The minimum Gasteiger partial charge on any atom is -0.274 e. The van der Waals surface area contributed by atoms with Crippen molar-refractivity contribution in [3.8, 4) is 11.8 Å². The van der Waals surface area contributed by atoms with E-state index in [9.17, 15) is 21.6 Å². The van der Waals surface area contributed by atoms with Gasteiger partial charge in [-0.25, -0.2) is 21.6 Å². The quantitative estimate of drug-likeness (QED) is 0.607. The molecule has 9 heteroatoms. The van der Waals surface area contributed by atoms with Crippen molar-refractivity contribution >= 4 is 27.3 Å². The summed E-state index contributed by atoms with van der Waals surface area (Å²) in [6.07, 6.45) is 2.28. The summed E-state index contributed by atoms with van der Waals surface area (Å²) in [7, 11) is -4.28. The maximum absolute atomic E-state index is 14.4. The third kappa shape index (κ3) is 4.70. The van der Waals surface area contributed by atoms with E-state index in [1.165, 1.54) is 31.3 Å². The SMILES string of the molecule is Cc1c(Cl)cccc1S(=O)(=O)Nc1c(F)cc(C#Cc2cncc(F)c2)cc1F. The van der Waals surface area contributed by atoms with E-state index in [2.05, 4.69) is 16.8 Å². The Labute approximate surface area is 170 Å². The molecule has 1 N–H and O–H groups in total. The number of hydrogen-bond acceptors (Lipinski definition) is 3. The van der Waals surface area contributed by atoms with Crippen LogP contribution in [0.3, 0.4) is 0 Å². The summed E-state index contributed by atoms with van der Waals surface area (Å²) >= 11 is 5.92. The van der Waals surface area contributed by atoms with Gasteiger partial charge in [-0.15, -0.1) is 0 Å². The van der Waals surface area contributed by atoms with Gasteiger partial charge >= 0.3 is 0 Å². The molecule has 0 spiro atoms. The predicted molar refractivity (Wildman–Crippen MR) is 104 cm³/mol. The largest absolute Gasteiger partial charge is 0.274 e. The van der Waals surface area contributed by atoms with Crippen LogP contribution in [0.15, 0.2) is 53.7 Å². The van der Waals surface area contributed by atoms with E-state index in [4.69, 9.17) is 11.6 Å². The number of rotatable bonds is 3. The number of anilines is 1. The minimum absolute atomic E-state index is 0.0638. The first-order valence-electron chi connectivity index (χ1n) is 8.07. The Morgan fingerprint density at radius 3 is 2.31 bits per heavy atom. The lowest BCUT2D eigenvalue weighted by Crippen LogP contribution is -2.16. The van der Waals surface area contributed by atoms with Gasteiger partial charge in [0.15, 0.2) is 11.6 Å². The van der Waals surface area contributed by atoms with E-state index >= 15 is 0 Å². The summed E-state index contributed by atoms with van der Waals surface area (Å²) in [5.74, 6) is 2.08. The van der Waals surface area contributed by atoms with Crippen molar-refractivity contribution in [1.29, 1.82) is 0 Å². The number of halogens is 4. The van der Waals surface area contributed by atoms with Crippen LogP contribution in [0.2, 0.25) is 5.02 Å². The van der Waals surface area contributed by atoms with Crippen molar-refractivity contribution in [1.82, 2.24) is 4.98 Å². The van der Waals surface area contributed by atoms with Crippen LogP contribution in [0.1, 0.15) is 16.7 Å². The Balaban J connectivity index is 1.93. The van der Waals surface area contributed by atoms with E-state index in [1.54, 1.807) is 0 Å². The van der Waals surface area contributed by atoms with Crippen molar-refractivity contribution < 1.29 is 21.6 Å². The van der Waals surface area contributed by atoms with Gasteiger partial charge in [-0.3, -0.25) is 9.71 Å². The lowest BCUT2D eigenvalue weighted by molar-refractivity contribution is 0.582. The molecule has 0 saturated heterocycles. The van der Waals surface area contributed by atoms with Crippen LogP contribution >= 0.6 is 11.6 Å². The van der Waals surface area contributed by atoms with Crippen molar-refractivity contribution in [2.45, 2.75) is 11.8 Å². The lowest BCUT2D eigenvalue weighted by Gasteiger charge is -2.12. The van der Waals surface area contributed by atoms with Gasteiger partial charge < -0.3 is 0 Å². The summed E-state index contributed by atoms with van der Waals surface area (Å²) in [6, 6.07) is 7.03. The average molecular weight is 437 g/mol. The summed E-state index contributed by atoms with van der Waals surface area (Å²) < 4.78 is 68.9. The minimum atomic E-state index is -4.28. The first-order valence-corrected chi connectivity index (χ1v) is 9.93. The van der Waals surface area contributed by atoms with Gasteiger partial charge in [0, 0.05) is 22.3 Å². The highest BCUT2D eigenvalue weighted by atomic mass is 35.5. The maximum Gasteiger partial charge on any atom is 0.262 e. The molecule has 3 aromatic rings. The van der Waals surface area contributed by atoms with Gasteiger partial charge in [-0.05, 0) is 42.8 Å². The zero-order valence-corrected chi connectivity index (χ0v) is 16.4. The summed E-state index contributed by atoms with van der Waals surface area (Å²) in [5.41, 5.74) is -0.450. The van der Waals surface area contributed by atoms with Crippen molar-refractivity contribution in [3.05, 3.63) is 88.0 Å². The van der Waals surface area contributed by atoms with Crippen LogP contribution in [-0.2, 0) is 10.0 Å². The molecule has 0 fully saturated rings. The van der Waals surface area contributed by atoms with Gasteiger partial charge in [0.25, 0.3) is 10.0 Å². The van der Waals surface area contributed by atoms with Gasteiger partial charge in [0.1, 0.15) is 11.5 Å². The number of aromatic nitrogens is 1. The van der Waals surface area contributed by atoms with Crippen molar-refractivity contribution in [3.63, 3.8) is 0 Å². The van der Waals surface area contributed by atoms with E-state index in [0.717, 1.165) is 24.4 Å². The van der Waals surface area contributed by atoms with Gasteiger partial charge in [0.05, 0.1) is 11.1 Å². The predicted octanol–water partition coefficient (Wildman–Crippen LogP) is 4.66. The van der Waals surface area contributed by atoms with Crippen LogP contribution in [0, 0.1) is 36.2 Å². The summed E-state index contributed by atoms with van der Waals surface area (Å²) in [5, 5.41) is 0.200. The average Bonchev–Trinajstić information content (AvgIpc) is 2.65. The van der Waals surface area contributed by atoms with E-state index in [-0.39, 0.29) is 26.6 Å². The molecule has 0 unspecified atom stereocenters. The summed E-state index contributed by atoms with van der Waals surface area (Å²) in [6.45, 7) is 1.48. The molecule has 0 radical (unpaired) electrons. The van der Waals surface area contributed by atoms with Crippen LogP contribution in [0.5, 0.6) is 0 Å². The molecule has 0 aliphatic rings. The molecule has 0 amide bonds. The van der Waals surface area contributed by atoms with Crippen molar-refractivity contribution in [2.24, 2.45) is 0 Å². The van der Waals surface area contributed by atoms with E-state index < -0.39 is 33.2 Å². The smallest absolute Gasteiger partial charge is 0.262 e. The Kier molecular flexibility index (Phi) is 5.82. The molecule has 2 aromatic carbocycles. The zero-order chi connectivity index (χ0) is 21.2. The molecular formula is C20H12ClF3N2O2S. The van der Waals surface area contributed by atoms with Gasteiger partial charge in [0.2, 0.25) is 0 Å². The van der Waals surface area contributed by atoms with Crippen LogP contribution < -0.4 is 4.72 Å².